The van der Waals surface area contributed by atoms with Crippen molar-refractivity contribution in [2.75, 3.05) is 6.54 Å². The molecule has 2 saturated heterocycles. The number of nitrogens with one attached hydrogen (secondary N) is 1. The van der Waals surface area contributed by atoms with Crippen LogP contribution in [-0.2, 0) is 44.5 Å². The second kappa shape index (κ2) is 12.7. The monoisotopic (exact) mass is 635 g/mol. The Bertz CT molecular complexity index is 1350. The number of fused-ring (bicyclic) bond motifs is 2. The maximum atomic E-state index is 12.8. The Morgan fingerprint density at radius 1 is 1.09 bits per heavy atom. The molecule has 1 aliphatic carbocycles. The molecule has 1 amide bonds. The van der Waals surface area contributed by atoms with Gasteiger partial charge in [-0.2, -0.15) is 0 Å². The summed E-state index contributed by atoms with van der Waals surface area (Å²) in [5, 5.41) is 55.3. The van der Waals surface area contributed by atoms with Gasteiger partial charge in [0.1, 0.15) is 12.2 Å². The quantitative estimate of drug-likeness (QED) is 0.123. The van der Waals surface area contributed by atoms with Crippen LogP contribution >= 0.6 is 0 Å². The third-order valence-corrected chi connectivity index (χ3v) is 8.48. The van der Waals surface area contributed by atoms with Crippen LogP contribution in [0, 0.1) is 11.8 Å². The summed E-state index contributed by atoms with van der Waals surface area (Å²) < 4.78 is 21.8. The number of carbonyl (C=O) groups is 5. The SMILES string of the molecule is C=C(CCC12OC(C(=O)O)C(O)(C(=O)O)C(C(=O)O)(O1)[C@H](OC(=O)NCC1CC1)[C@H]2O)[C@@H](OC(C)=O)[C@H](C)Cc1ccccc1. The summed E-state index contributed by atoms with van der Waals surface area (Å²) in [6.45, 7) is 7.14. The topological polar surface area (TPSA) is 235 Å². The first-order valence-electron chi connectivity index (χ1n) is 14.4. The summed E-state index contributed by atoms with van der Waals surface area (Å²) in [5.74, 6) is -10.1. The van der Waals surface area contributed by atoms with Crippen molar-refractivity contribution in [3.05, 3.63) is 48.0 Å². The van der Waals surface area contributed by atoms with Crippen molar-refractivity contribution in [1.82, 2.24) is 5.32 Å². The minimum atomic E-state index is -3.88. The van der Waals surface area contributed by atoms with Crippen LogP contribution < -0.4 is 5.32 Å². The Hall–Kier alpha value is -4.05. The number of ether oxygens (including phenoxy) is 4. The van der Waals surface area contributed by atoms with Crippen LogP contribution in [0.1, 0.15) is 45.1 Å². The molecule has 1 aromatic carbocycles. The lowest BCUT2D eigenvalue weighted by Crippen LogP contribution is -2.78. The average Bonchev–Trinajstić information content (AvgIpc) is 3.78. The summed E-state index contributed by atoms with van der Waals surface area (Å²) >= 11 is 0. The molecule has 8 atom stereocenters. The second-order valence-corrected chi connectivity index (χ2v) is 11.8. The highest BCUT2D eigenvalue weighted by Gasteiger charge is 2.85. The molecule has 15 nitrogen and oxygen atoms in total. The number of aliphatic hydroxyl groups is 2. The van der Waals surface area contributed by atoms with Crippen LogP contribution in [0.15, 0.2) is 42.5 Å². The zero-order valence-electron chi connectivity index (χ0n) is 24.7. The first-order chi connectivity index (χ1) is 21.1. The number of aliphatic hydroxyl groups excluding tert-OH is 1. The number of carboxylic acid groups (broad SMARTS) is 3. The zero-order chi connectivity index (χ0) is 33.3. The van der Waals surface area contributed by atoms with Crippen LogP contribution in [-0.4, -0.2) is 103 Å². The third kappa shape index (κ3) is 6.25. The van der Waals surface area contributed by atoms with Gasteiger partial charge in [0.2, 0.25) is 17.5 Å². The van der Waals surface area contributed by atoms with E-state index >= 15 is 0 Å². The Morgan fingerprint density at radius 3 is 2.27 bits per heavy atom. The number of benzene rings is 1. The van der Waals surface area contributed by atoms with E-state index in [4.69, 9.17) is 18.9 Å². The van der Waals surface area contributed by atoms with E-state index in [9.17, 15) is 49.5 Å². The molecule has 0 radical (unpaired) electrons. The summed E-state index contributed by atoms with van der Waals surface area (Å²) in [6, 6.07) is 9.28. The lowest BCUT2D eigenvalue weighted by atomic mass is 9.74. The van der Waals surface area contributed by atoms with Crippen molar-refractivity contribution in [3.8, 4) is 0 Å². The summed E-state index contributed by atoms with van der Waals surface area (Å²) in [5.41, 5.74) is -6.23. The fourth-order valence-corrected chi connectivity index (χ4v) is 6.00. The van der Waals surface area contributed by atoms with E-state index in [0.717, 1.165) is 18.4 Å². The fourth-order valence-electron chi connectivity index (χ4n) is 6.00. The highest BCUT2D eigenvalue weighted by molar-refractivity contribution is 5.98. The molecule has 2 heterocycles. The molecule has 3 aliphatic rings. The molecule has 2 bridgehead atoms. The fraction of sp³-hybridized carbons (Fsp3) is 0.567. The highest BCUT2D eigenvalue weighted by atomic mass is 16.8. The molecule has 0 spiro atoms. The molecule has 6 N–H and O–H groups in total. The molecule has 3 fully saturated rings. The largest absolute Gasteiger partial charge is 0.479 e. The highest BCUT2D eigenvalue weighted by Crippen LogP contribution is 2.55. The van der Waals surface area contributed by atoms with Crippen molar-refractivity contribution in [1.29, 1.82) is 0 Å². The van der Waals surface area contributed by atoms with Gasteiger partial charge >= 0.3 is 30.0 Å². The predicted molar refractivity (Wildman–Crippen MR) is 150 cm³/mol. The molecular weight excluding hydrogens is 598 g/mol. The Labute approximate surface area is 257 Å². The van der Waals surface area contributed by atoms with E-state index in [2.05, 4.69) is 11.9 Å². The minimum Gasteiger partial charge on any atom is -0.479 e. The molecular formula is C30H37NO14. The van der Waals surface area contributed by atoms with Gasteiger partial charge in [-0.25, -0.2) is 19.2 Å². The Morgan fingerprint density at radius 2 is 1.73 bits per heavy atom. The van der Waals surface area contributed by atoms with Gasteiger partial charge in [-0.3, -0.25) is 4.79 Å². The minimum absolute atomic E-state index is 0.143. The van der Waals surface area contributed by atoms with Gasteiger partial charge in [-0.15, -0.1) is 0 Å². The number of carbonyl (C=O) groups excluding carboxylic acids is 2. The number of aliphatic carboxylic acids is 3. The van der Waals surface area contributed by atoms with Gasteiger partial charge in [-0.05, 0) is 42.7 Å². The van der Waals surface area contributed by atoms with E-state index < -0.39 is 77.8 Å². The van der Waals surface area contributed by atoms with E-state index in [1.54, 1.807) is 6.92 Å². The summed E-state index contributed by atoms with van der Waals surface area (Å²) in [7, 11) is 0. The Balaban J connectivity index is 1.67. The number of hydrogen-bond acceptors (Lipinski definition) is 11. The van der Waals surface area contributed by atoms with Crippen molar-refractivity contribution in [3.63, 3.8) is 0 Å². The molecule has 2 aliphatic heterocycles. The smallest absolute Gasteiger partial charge is 0.407 e. The van der Waals surface area contributed by atoms with Crippen molar-refractivity contribution < 1.29 is 68.5 Å². The molecule has 4 unspecified atom stereocenters. The third-order valence-electron chi connectivity index (χ3n) is 8.48. The van der Waals surface area contributed by atoms with Crippen LogP contribution in [0.2, 0.25) is 0 Å². The Kier molecular flexibility index (Phi) is 9.59. The van der Waals surface area contributed by atoms with Gasteiger partial charge in [0.05, 0.1) is 0 Å². The summed E-state index contributed by atoms with van der Waals surface area (Å²) in [4.78, 5) is 62.2. The first-order valence-corrected chi connectivity index (χ1v) is 14.4. The average molecular weight is 636 g/mol. The maximum Gasteiger partial charge on any atom is 0.407 e. The van der Waals surface area contributed by atoms with Crippen LogP contribution in [0.5, 0.6) is 0 Å². The van der Waals surface area contributed by atoms with Gasteiger partial charge in [0.15, 0.2) is 6.10 Å². The maximum absolute atomic E-state index is 12.8. The molecule has 246 valence electrons. The number of alkyl carbamates (subject to hydrolysis) is 1. The predicted octanol–water partition coefficient (Wildman–Crippen LogP) is 0.848. The standard InChI is InChI=1S/C30H37NO14/c1-15(20(42-17(3)32)16(2)13-18-7-5-4-6-8-18)11-12-28-21(33)22(43-27(40)31-14-19-9-10-19)30(45-28,26(38)39)29(41,25(36)37)23(44-28)24(34)35/h4-8,16,19-23,33,41H,1,9-14H2,2-3H3,(H,31,40)(H,34,35)(H,36,37)(H,38,39)/t16-,20-,21-,22-,23?,28?,29?,30?/m1/s1. The van der Waals surface area contributed by atoms with E-state index in [0.29, 0.717) is 6.42 Å². The number of esters is 1. The normalized spacial score (nSPS) is 31.7. The van der Waals surface area contributed by atoms with E-state index in [1.807, 2.05) is 30.3 Å². The molecule has 15 heteroatoms. The van der Waals surface area contributed by atoms with Crippen molar-refractivity contribution in [2.45, 2.75) is 87.4 Å². The van der Waals surface area contributed by atoms with Crippen molar-refractivity contribution >= 4 is 30.0 Å². The van der Waals surface area contributed by atoms with Crippen LogP contribution in [0.3, 0.4) is 0 Å². The first kappa shape index (κ1) is 33.8. The lowest BCUT2D eigenvalue weighted by Gasteiger charge is -2.48. The number of rotatable bonds is 14. The molecule has 0 aromatic heterocycles. The number of amides is 1. The van der Waals surface area contributed by atoms with Gasteiger partial charge in [0.25, 0.3) is 5.60 Å². The molecule has 1 saturated carbocycles. The molecule has 1 aromatic rings. The van der Waals surface area contributed by atoms with Crippen molar-refractivity contribution in [2.24, 2.45) is 11.8 Å². The van der Waals surface area contributed by atoms with Gasteiger partial charge in [0, 0.05) is 25.8 Å². The number of hydrogen-bond donors (Lipinski definition) is 6. The lowest BCUT2D eigenvalue weighted by molar-refractivity contribution is -0.373. The summed E-state index contributed by atoms with van der Waals surface area (Å²) in [6.07, 6.45) is -8.41. The van der Waals surface area contributed by atoms with Crippen LogP contribution in [0.4, 0.5) is 4.79 Å². The second-order valence-electron chi connectivity index (χ2n) is 11.8. The molecule has 4 rings (SSSR count). The van der Waals surface area contributed by atoms with Gasteiger partial charge in [-0.1, -0.05) is 43.8 Å². The van der Waals surface area contributed by atoms with E-state index in [-0.39, 0.29) is 30.4 Å². The van der Waals surface area contributed by atoms with Crippen LogP contribution in [0.25, 0.3) is 0 Å². The van der Waals surface area contributed by atoms with E-state index in [1.165, 1.54) is 6.92 Å². The molecule has 45 heavy (non-hydrogen) atoms. The number of carboxylic acids is 3. The zero-order valence-corrected chi connectivity index (χ0v) is 24.7. The van der Waals surface area contributed by atoms with Gasteiger partial charge < -0.3 is 49.8 Å².